The zero-order valence-electron chi connectivity index (χ0n) is 11.7. The summed E-state index contributed by atoms with van der Waals surface area (Å²) < 4.78 is 5.39. The van der Waals surface area contributed by atoms with Crippen LogP contribution in [0.5, 0.6) is 0 Å². The number of carbonyl (C=O) groups is 1. The predicted octanol–water partition coefficient (Wildman–Crippen LogP) is 2.68. The average Bonchev–Trinajstić information content (AvgIpc) is 2.43. The number of para-hydroxylation sites is 1. The molecule has 0 unspecified atom stereocenters. The van der Waals surface area contributed by atoms with Gasteiger partial charge in [0.2, 0.25) is 5.91 Å². The third-order valence-corrected chi connectivity index (χ3v) is 2.86. The monoisotopic (exact) mass is 264 g/mol. The first-order valence-electron chi connectivity index (χ1n) is 6.93. The molecule has 0 fully saturated rings. The van der Waals surface area contributed by atoms with E-state index in [9.17, 15) is 4.79 Å². The largest absolute Gasteiger partial charge is 0.377 e. The van der Waals surface area contributed by atoms with E-state index in [0.717, 1.165) is 30.5 Å². The van der Waals surface area contributed by atoms with Gasteiger partial charge in [0.15, 0.2) is 0 Å². The topological polar surface area (TPSA) is 64.3 Å². The number of nitrogens with one attached hydrogen (secondary N) is 1. The van der Waals surface area contributed by atoms with Crippen LogP contribution in [0.15, 0.2) is 24.3 Å². The van der Waals surface area contributed by atoms with Crippen LogP contribution < -0.4 is 11.1 Å². The van der Waals surface area contributed by atoms with Gasteiger partial charge in [0, 0.05) is 24.3 Å². The van der Waals surface area contributed by atoms with Crippen molar-refractivity contribution in [1.29, 1.82) is 0 Å². The second kappa shape index (κ2) is 9.53. The summed E-state index contributed by atoms with van der Waals surface area (Å²) in [6.07, 6.45) is 3.42. The van der Waals surface area contributed by atoms with Crippen LogP contribution in [0.1, 0.15) is 38.2 Å². The minimum atomic E-state index is 0.0565. The van der Waals surface area contributed by atoms with Gasteiger partial charge in [-0.1, -0.05) is 24.6 Å². The number of unbranched alkanes of at least 4 members (excludes halogenated alkanes) is 2. The van der Waals surface area contributed by atoms with Crippen molar-refractivity contribution < 1.29 is 9.53 Å². The first kappa shape index (κ1) is 15.7. The van der Waals surface area contributed by atoms with Crippen molar-refractivity contribution in [3.8, 4) is 0 Å². The van der Waals surface area contributed by atoms with Crippen LogP contribution in [0.4, 0.5) is 5.69 Å². The lowest BCUT2D eigenvalue weighted by atomic mass is 10.1. The predicted molar refractivity (Wildman–Crippen MR) is 77.9 cm³/mol. The highest BCUT2D eigenvalue weighted by Crippen LogP contribution is 2.16. The van der Waals surface area contributed by atoms with Crippen molar-refractivity contribution in [3.05, 3.63) is 29.8 Å². The number of hydrogen-bond donors (Lipinski definition) is 2. The Hall–Kier alpha value is -1.39. The van der Waals surface area contributed by atoms with Crippen molar-refractivity contribution in [2.24, 2.45) is 5.73 Å². The molecule has 3 N–H and O–H groups in total. The fraction of sp³-hybridized carbons (Fsp3) is 0.533. The summed E-state index contributed by atoms with van der Waals surface area (Å²) in [7, 11) is 0. The highest BCUT2D eigenvalue weighted by Gasteiger charge is 2.06. The van der Waals surface area contributed by atoms with Gasteiger partial charge >= 0.3 is 0 Å². The van der Waals surface area contributed by atoms with E-state index in [1.165, 1.54) is 0 Å². The summed E-state index contributed by atoms with van der Waals surface area (Å²) >= 11 is 0. The first-order valence-corrected chi connectivity index (χ1v) is 6.93. The van der Waals surface area contributed by atoms with E-state index >= 15 is 0 Å². The zero-order valence-corrected chi connectivity index (χ0v) is 11.7. The van der Waals surface area contributed by atoms with Gasteiger partial charge in [0.25, 0.3) is 0 Å². The Balaban J connectivity index is 2.44. The number of ether oxygens (including phenoxy) is 1. The first-order chi connectivity index (χ1) is 9.27. The maximum absolute atomic E-state index is 11.8. The Bertz CT molecular complexity index is 380. The smallest absolute Gasteiger partial charge is 0.224 e. The van der Waals surface area contributed by atoms with Crippen LogP contribution in [0.3, 0.4) is 0 Å². The third-order valence-electron chi connectivity index (χ3n) is 2.86. The Morgan fingerprint density at radius 1 is 1.26 bits per heavy atom. The molecule has 0 aromatic heterocycles. The Labute approximate surface area is 115 Å². The van der Waals surface area contributed by atoms with Gasteiger partial charge in [0.05, 0.1) is 6.61 Å². The highest BCUT2D eigenvalue weighted by molar-refractivity contribution is 5.91. The van der Waals surface area contributed by atoms with Gasteiger partial charge in [-0.2, -0.15) is 0 Å². The number of carbonyl (C=O) groups excluding carboxylic acids is 1. The van der Waals surface area contributed by atoms with Crippen LogP contribution in [0.25, 0.3) is 0 Å². The number of nitrogens with two attached hydrogens (primary N) is 1. The van der Waals surface area contributed by atoms with Crippen molar-refractivity contribution in [1.82, 2.24) is 0 Å². The Kier molecular flexibility index (Phi) is 7.86. The molecule has 1 aromatic carbocycles. The van der Waals surface area contributed by atoms with Gasteiger partial charge in [0.1, 0.15) is 0 Å². The third kappa shape index (κ3) is 6.36. The lowest BCUT2D eigenvalue weighted by molar-refractivity contribution is -0.116. The number of amides is 1. The Morgan fingerprint density at radius 2 is 2.05 bits per heavy atom. The second-order valence-corrected chi connectivity index (χ2v) is 4.44. The lowest BCUT2D eigenvalue weighted by Crippen LogP contribution is -2.13. The molecule has 0 radical (unpaired) electrons. The number of rotatable bonds is 9. The van der Waals surface area contributed by atoms with Crippen LogP contribution in [-0.4, -0.2) is 19.1 Å². The maximum Gasteiger partial charge on any atom is 0.224 e. The van der Waals surface area contributed by atoms with Crippen molar-refractivity contribution in [2.45, 2.75) is 39.2 Å². The van der Waals surface area contributed by atoms with E-state index in [-0.39, 0.29) is 5.91 Å². The summed E-state index contributed by atoms with van der Waals surface area (Å²) in [5.41, 5.74) is 7.28. The van der Waals surface area contributed by atoms with Gasteiger partial charge in [-0.15, -0.1) is 0 Å². The number of benzene rings is 1. The van der Waals surface area contributed by atoms with Crippen molar-refractivity contribution >= 4 is 11.6 Å². The number of anilines is 1. The minimum Gasteiger partial charge on any atom is -0.377 e. The molecule has 0 atom stereocenters. The van der Waals surface area contributed by atoms with Gasteiger partial charge in [-0.05, 0) is 32.4 Å². The summed E-state index contributed by atoms with van der Waals surface area (Å²) in [4.78, 5) is 11.8. The van der Waals surface area contributed by atoms with Gasteiger partial charge in [-0.3, -0.25) is 4.79 Å². The second-order valence-electron chi connectivity index (χ2n) is 4.44. The van der Waals surface area contributed by atoms with E-state index in [4.69, 9.17) is 10.5 Å². The lowest BCUT2D eigenvalue weighted by Gasteiger charge is -2.11. The molecule has 0 aliphatic rings. The molecule has 106 valence electrons. The average molecular weight is 264 g/mol. The SMILES string of the molecule is CCOCc1ccccc1NC(=O)CCCCCN. The summed E-state index contributed by atoms with van der Waals surface area (Å²) in [6, 6.07) is 7.75. The molecule has 0 aliphatic heterocycles. The van der Waals surface area contributed by atoms with E-state index in [1.807, 2.05) is 31.2 Å². The molecule has 0 heterocycles. The van der Waals surface area contributed by atoms with Crippen LogP contribution in [0, 0.1) is 0 Å². The normalized spacial score (nSPS) is 10.4. The maximum atomic E-state index is 11.8. The molecule has 19 heavy (non-hydrogen) atoms. The molecule has 0 bridgehead atoms. The molecule has 0 saturated heterocycles. The van der Waals surface area contributed by atoms with Crippen LogP contribution in [-0.2, 0) is 16.1 Å². The molecule has 1 aromatic rings. The fourth-order valence-corrected chi connectivity index (χ4v) is 1.80. The molecule has 0 aliphatic carbocycles. The van der Waals surface area contributed by atoms with Gasteiger partial charge in [-0.25, -0.2) is 0 Å². The minimum absolute atomic E-state index is 0.0565. The summed E-state index contributed by atoms with van der Waals surface area (Å²) in [5.74, 6) is 0.0565. The molecule has 1 amide bonds. The van der Waals surface area contributed by atoms with Crippen LogP contribution in [0.2, 0.25) is 0 Å². The van der Waals surface area contributed by atoms with E-state index in [2.05, 4.69) is 5.32 Å². The molecular weight excluding hydrogens is 240 g/mol. The van der Waals surface area contributed by atoms with Crippen molar-refractivity contribution in [2.75, 3.05) is 18.5 Å². The fourth-order valence-electron chi connectivity index (χ4n) is 1.80. The van der Waals surface area contributed by atoms with E-state index in [1.54, 1.807) is 0 Å². The van der Waals surface area contributed by atoms with E-state index < -0.39 is 0 Å². The molecule has 4 heteroatoms. The van der Waals surface area contributed by atoms with E-state index in [0.29, 0.717) is 26.2 Å². The summed E-state index contributed by atoms with van der Waals surface area (Å²) in [5, 5.41) is 2.95. The Morgan fingerprint density at radius 3 is 2.79 bits per heavy atom. The van der Waals surface area contributed by atoms with Gasteiger partial charge < -0.3 is 15.8 Å². The molecule has 0 saturated carbocycles. The quantitative estimate of drug-likeness (QED) is 0.674. The number of hydrogen-bond acceptors (Lipinski definition) is 3. The zero-order chi connectivity index (χ0) is 13.9. The van der Waals surface area contributed by atoms with Crippen molar-refractivity contribution in [3.63, 3.8) is 0 Å². The molecular formula is C15H24N2O2. The van der Waals surface area contributed by atoms with Crippen LogP contribution >= 0.6 is 0 Å². The molecule has 1 rings (SSSR count). The highest BCUT2D eigenvalue weighted by atomic mass is 16.5. The molecule has 0 spiro atoms. The standard InChI is InChI=1S/C15H24N2O2/c1-2-19-12-13-8-5-6-9-14(13)17-15(18)10-4-3-7-11-16/h5-6,8-9H,2-4,7,10-12,16H2,1H3,(H,17,18). The summed E-state index contributed by atoms with van der Waals surface area (Å²) in [6.45, 7) is 3.85. The molecule has 4 nitrogen and oxygen atoms in total.